The Kier molecular flexibility index (Phi) is 3.82. The van der Waals surface area contributed by atoms with E-state index >= 15 is 0 Å². The summed E-state index contributed by atoms with van der Waals surface area (Å²) in [6, 6.07) is 3.56. The van der Waals surface area contributed by atoms with E-state index in [0.29, 0.717) is 5.69 Å². The maximum Gasteiger partial charge on any atom is 0.237 e. The summed E-state index contributed by atoms with van der Waals surface area (Å²) in [7, 11) is 0. The molecule has 1 aromatic heterocycles. The number of aromatic nitrogens is 1. The van der Waals surface area contributed by atoms with E-state index in [-0.39, 0.29) is 5.71 Å². The second kappa shape index (κ2) is 4.56. The van der Waals surface area contributed by atoms with Crippen molar-refractivity contribution in [3.63, 3.8) is 0 Å². The monoisotopic (exact) mass is 266 g/mol. The molecule has 0 aromatic carbocycles. The van der Waals surface area contributed by atoms with Gasteiger partial charge in [-0.3, -0.25) is 4.98 Å². The first-order valence-corrected chi connectivity index (χ1v) is 5.23. The van der Waals surface area contributed by atoms with Gasteiger partial charge in [0.1, 0.15) is 0 Å². The predicted molar refractivity (Wildman–Crippen MR) is 62.3 cm³/mol. The highest BCUT2D eigenvalue weighted by Gasteiger charge is 2.31. The van der Waals surface area contributed by atoms with Crippen LogP contribution < -0.4 is 0 Å². The van der Waals surface area contributed by atoms with E-state index in [4.69, 9.17) is 40.0 Å². The zero-order chi connectivity index (χ0) is 11.6. The van der Waals surface area contributed by atoms with Crippen molar-refractivity contribution in [1.29, 1.82) is 0 Å². The molecule has 0 amide bonds. The van der Waals surface area contributed by atoms with Crippen molar-refractivity contribution in [2.24, 2.45) is 5.16 Å². The van der Waals surface area contributed by atoms with Crippen LogP contribution in [0, 0.1) is 13.8 Å². The topological polar surface area (TPSA) is 45.5 Å². The molecule has 0 aliphatic rings. The molecule has 1 heterocycles. The van der Waals surface area contributed by atoms with Crippen molar-refractivity contribution in [2.75, 3.05) is 0 Å². The molecule has 0 saturated heterocycles. The van der Waals surface area contributed by atoms with E-state index < -0.39 is 3.79 Å². The lowest BCUT2D eigenvalue weighted by molar-refractivity contribution is 0.318. The predicted octanol–water partition coefficient (Wildman–Crippen LogP) is 3.25. The molecule has 1 N–H and O–H groups in total. The van der Waals surface area contributed by atoms with Crippen LogP contribution in [-0.2, 0) is 0 Å². The minimum Gasteiger partial charge on any atom is -0.410 e. The molecule has 3 nitrogen and oxygen atoms in total. The minimum atomic E-state index is -1.79. The molecule has 1 aromatic rings. The smallest absolute Gasteiger partial charge is 0.237 e. The Morgan fingerprint density at radius 2 is 1.93 bits per heavy atom. The summed E-state index contributed by atoms with van der Waals surface area (Å²) in [4.78, 5) is 4.13. The molecule has 0 saturated carbocycles. The van der Waals surface area contributed by atoms with E-state index in [1.165, 1.54) is 0 Å². The fourth-order valence-electron chi connectivity index (χ4n) is 1.22. The molecule has 0 radical (unpaired) electrons. The minimum absolute atomic E-state index is 0.0840. The number of pyridine rings is 1. The molecule has 0 unspecified atom stereocenters. The second-order valence-electron chi connectivity index (χ2n) is 3.12. The van der Waals surface area contributed by atoms with Gasteiger partial charge in [-0.2, -0.15) is 0 Å². The summed E-state index contributed by atoms with van der Waals surface area (Å²) in [6.07, 6.45) is 0. The summed E-state index contributed by atoms with van der Waals surface area (Å²) in [5, 5.41) is 11.8. The van der Waals surface area contributed by atoms with E-state index in [1.807, 2.05) is 19.9 Å². The molecule has 0 aliphatic heterocycles. The molecule has 1 rings (SSSR count). The van der Waals surface area contributed by atoms with Crippen molar-refractivity contribution in [3.05, 3.63) is 29.1 Å². The third-order valence-electron chi connectivity index (χ3n) is 1.71. The molecule has 0 spiro atoms. The lowest BCUT2D eigenvalue weighted by atomic mass is 10.2. The van der Waals surface area contributed by atoms with E-state index in [9.17, 15) is 0 Å². The van der Waals surface area contributed by atoms with Gasteiger partial charge in [-0.05, 0) is 31.5 Å². The van der Waals surface area contributed by atoms with Gasteiger partial charge in [0.15, 0.2) is 5.71 Å². The Hall–Kier alpha value is -0.510. The number of oxime groups is 1. The summed E-state index contributed by atoms with van der Waals surface area (Å²) >= 11 is 16.9. The number of aryl methyl sites for hydroxylation is 2. The molecular weight excluding hydrogens is 258 g/mol. The highest BCUT2D eigenvalue weighted by atomic mass is 35.6. The molecule has 15 heavy (non-hydrogen) atoms. The molecule has 82 valence electrons. The molecule has 0 fully saturated rings. The number of nitrogens with zero attached hydrogens (tertiary/aromatic N) is 2. The first kappa shape index (κ1) is 12.6. The van der Waals surface area contributed by atoms with Crippen LogP contribution in [0.1, 0.15) is 17.0 Å². The molecular formula is C9H9Cl3N2O. The van der Waals surface area contributed by atoms with Gasteiger partial charge >= 0.3 is 0 Å². The largest absolute Gasteiger partial charge is 0.410 e. The Morgan fingerprint density at radius 1 is 1.33 bits per heavy atom. The van der Waals surface area contributed by atoms with E-state index in [1.54, 1.807) is 6.07 Å². The third-order valence-corrected chi connectivity index (χ3v) is 2.25. The van der Waals surface area contributed by atoms with Gasteiger partial charge in [0.05, 0.1) is 5.69 Å². The first-order valence-electron chi connectivity index (χ1n) is 4.09. The van der Waals surface area contributed by atoms with Crippen molar-refractivity contribution < 1.29 is 5.21 Å². The van der Waals surface area contributed by atoms with Crippen LogP contribution in [0.3, 0.4) is 0 Å². The molecule has 0 aliphatic carbocycles. The average molecular weight is 268 g/mol. The van der Waals surface area contributed by atoms with Crippen LogP contribution in [-0.4, -0.2) is 19.7 Å². The highest BCUT2D eigenvalue weighted by molar-refractivity contribution is 6.77. The summed E-state index contributed by atoms with van der Waals surface area (Å²) < 4.78 is -1.79. The van der Waals surface area contributed by atoms with Crippen LogP contribution in [0.25, 0.3) is 0 Å². The fraction of sp³-hybridized carbons (Fsp3) is 0.333. The molecule has 0 bridgehead atoms. The number of halogens is 3. The number of hydrogen-bond donors (Lipinski definition) is 1. The Bertz CT molecular complexity index is 379. The van der Waals surface area contributed by atoms with Gasteiger partial charge in [-0.25, -0.2) is 0 Å². The standard InChI is InChI=1S/C9H9Cl3N2O/c1-5-3-6(2)13-7(4-5)8(14-15)9(10,11)12/h3-4,15H,1-2H3. The SMILES string of the molecule is Cc1cc(C)nc(C(=NO)C(Cl)(Cl)Cl)c1. The highest BCUT2D eigenvalue weighted by Crippen LogP contribution is 2.30. The third kappa shape index (κ3) is 3.23. The van der Waals surface area contributed by atoms with Crippen LogP contribution in [0.2, 0.25) is 0 Å². The van der Waals surface area contributed by atoms with Crippen LogP contribution >= 0.6 is 34.8 Å². The normalized spacial score (nSPS) is 13.0. The molecule has 6 heteroatoms. The van der Waals surface area contributed by atoms with Crippen LogP contribution in [0.5, 0.6) is 0 Å². The fourth-order valence-corrected chi connectivity index (χ4v) is 1.62. The van der Waals surface area contributed by atoms with Gasteiger partial charge in [0, 0.05) is 5.69 Å². The number of alkyl halides is 3. The van der Waals surface area contributed by atoms with Gasteiger partial charge in [-0.1, -0.05) is 40.0 Å². The lowest BCUT2D eigenvalue weighted by Gasteiger charge is -2.12. The van der Waals surface area contributed by atoms with Crippen LogP contribution in [0.15, 0.2) is 17.3 Å². The van der Waals surface area contributed by atoms with Gasteiger partial charge in [0.25, 0.3) is 0 Å². The van der Waals surface area contributed by atoms with Crippen LogP contribution in [0.4, 0.5) is 0 Å². The maximum absolute atomic E-state index is 8.79. The van der Waals surface area contributed by atoms with Crippen molar-refractivity contribution >= 4 is 40.5 Å². The number of hydrogen-bond acceptors (Lipinski definition) is 3. The Balaban J connectivity index is 3.26. The van der Waals surface area contributed by atoms with Crippen molar-refractivity contribution in [2.45, 2.75) is 17.6 Å². The molecule has 0 atom stereocenters. The van der Waals surface area contributed by atoms with Gasteiger partial charge in [0.2, 0.25) is 3.79 Å². The summed E-state index contributed by atoms with van der Waals surface area (Å²) in [6.45, 7) is 3.69. The lowest BCUT2D eigenvalue weighted by Crippen LogP contribution is -2.22. The zero-order valence-electron chi connectivity index (χ0n) is 8.13. The summed E-state index contributed by atoms with van der Waals surface area (Å²) in [5.74, 6) is 0. The number of rotatable bonds is 1. The Morgan fingerprint density at radius 3 is 2.33 bits per heavy atom. The quantitative estimate of drug-likeness (QED) is 0.367. The second-order valence-corrected chi connectivity index (χ2v) is 5.40. The zero-order valence-corrected chi connectivity index (χ0v) is 10.4. The average Bonchev–Trinajstić information content (AvgIpc) is 1.99. The first-order chi connectivity index (χ1) is 6.84. The van der Waals surface area contributed by atoms with E-state index in [0.717, 1.165) is 11.3 Å². The van der Waals surface area contributed by atoms with Crippen molar-refractivity contribution in [1.82, 2.24) is 4.98 Å². The van der Waals surface area contributed by atoms with Crippen molar-refractivity contribution in [3.8, 4) is 0 Å². The van der Waals surface area contributed by atoms with Gasteiger partial charge in [-0.15, -0.1) is 0 Å². The Labute approximate surface area is 103 Å². The maximum atomic E-state index is 8.79. The van der Waals surface area contributed by atoms with Gasteiger partial charge < -0.3 is 5.21 Å². The summed E-state index contributed by atoms with van der Waals surface area (Å²) in [5.41, 5.74) is 1.99. The van der Waals surface area contributed by atoms with E-state index in [2.05, 4.69) is 10.1 Å².